The van der Waals surface area contributed by atoms with Crippen molar-refractivity contribution in [3.63, 3.8) is 0 Å². The molecule has 106 valence electrons. The van der Waals surface area contributed by atoms with Crippen molar-refractivity contribution < 1.29 is 9.18 Å². The summed E-state index contributed by atoms with van der Waals surface area (Å²) in [6.07, 6.45) is 0. The SMILES string of the molecule is CC(C#N)N1CCN(C(=O)c2ccc(Cl)c(F)c2)CC1. The molecule has 1 heterocycles. The normalized spacial score (nSPS) is 17.6. The molecule has 0 bridgehead atoms. The highest BCUT2D eigenvalue weighted by atomic mass is 35.5. The Bertz CT molecular complexity index is 550. The number of hydrogen-bond acceptors (Lipinski definition) is 3. The Labute approximate surface area is 122 Å². The summed E-state index contributed by atoms with van der Waals surface area (Å²) in [5.74, 6) is -0.793. The van der Waals surface area contributed by atoms with E-state index in [0.29, 0.717) is 31.7 Å². The maximum atomic E-state index is 13.4. The van der Waals surface area contributed by atoms with E-state index in [9.17, 15) is 9.18 Å². The number of carbonyl (C=O) groups excluding carboxylic acids is 1. The van der Waals surface area contributed by atoms with Gasteiger partial charge < -0.3 is 4.90 Å². The number of nitriles is 1. The van der Waals surface area contributed by atoms with Crippen LogP contribution in [-0.2, 0) is 0 Å². The lowest BCUT2D eigenvalue weighted by molar-refractivity contribution is 0.0615. The Hall–Kier alpha value is -1.64. The first kappa shape index (κ1) is 14.8. The summed E-state index contributed by atoms with van der Waals surface area (Å²) in [4.78, 5) is 15.9. The highest BCUT2D eigenvalue weighted by molar-refractivity contribution is 6.30. The minimum Gasteiger partial charge on any atom is -0.336 e. The maximum Gasteiger partial charge on any atom is 0.254 e. The molecule has 2 rings (SSSR count). The summed E-state index contributed by atoms with van der Waals surface area (Å²) < 4.78 is 13.4. The molecule has 1 amide bonds. The van der Waals surface area contributed by atoms with E-state index in [0.717, 1.165) is 6.07 Å². The molecule has 0 radical (unpaired) electrons. The third-order valence-electron chi connectivity index (χ3n) is 3.50. The van der Waals surface area contributed by atoms with E-state index in [1.807, 2.05) is 11.8 Å². The lowest BCUT2D eigenvalue weighted by atomic mass is 10.1. The lowest BCUT2D eigenvalue weighted by Crippen LogP contribution is -2.51. The number of halogens is 2. The van der Waals surface area contributed by atoms with Crippen molar-refractivity contribution >= 4 is 17.5 Å². The highest BCUT2D eigenvalue weighted by Crippen LogP contribution is 2.17. The van der Waals surface area contributed by atoms with Gasteiger partial charge in [-0.15, -0.1) is 0 Å². The van der Waals surface area contributed by atoms with E-state index >= 15 is 0 Å². The number of benzene rings is 1. The standard InChI is InChI=1S/C14H15ClFN3O/c1-10(9-17)18-4-6-19(7-5-18)14(20)11-2-3-12(15)13(16)8-11/h2-3,8,10H,4-7H2,1H3. The second-order valence-corrected chi connectivity index (χ2v) is 5.17. The van der Waals surface area contributed by atoms with Crippen LogP contribution in [0.3, 0.4) is 0 Å². The van der Waals surface area contributed by atoms with Crippen molar-refractivity contribution in [1.82, 2.24) is 9.80 Å². The molecule has 0 N–H and O–H groups in total. The van der Waals surface area contributed by atoms with Crippen LogP contribution < -0.4 is 0 Å². The van der Waals surface area contributed by atoms with Crippen LogP contribution in [0.15, 0.2) is 18.2 Å². The summed E-state index contributed by atoms with van der Waals surface area (Å²) in [5, 5.41) is 8.88. The first-order chi connectivity index (χ1) is 9.52. The second-order valence-electron chi connectivity index (χ2n) is 4.76. The predicted molar refractivity (Wildman–Crippen MR) is 74.0 cm³/mol. The Morgan fingerprint density at radius 1 is 1.40 bits per heavy atom. The van der Waals surface area contributed by atoms with Gasteiger partial charge in [-0.25, -0.2) is 4.39 Å². The van der Waals surface area contributed by atoms with Crippen LogP contribution in [0.4, 0.5) is 4.39 Å². The van der Waals surface area contributed by atoms with E-state index in [1.54, 1.807) is 4.90 Å². The molecule has 1 aromatic carbocycles. The third-order valence-corrected chi connectivity index (χ3v) is 3.81. The number of carbonyl (C=O) groups is 1. The molecule has 1 aliphatic heterocycles. The van der Waals surface area contributed by atoms with Gasteiger partial charge in [0.05, 0.1) is 17.1 Å². The van der Waals surface area contributed by atoms with Crippen LogP contribution in [0.5, 0.6) is 0 Å². The van der Waals surface area contributed by atoms with Gasteiger partial charge in [0.25, 0.3) is 5.91 Å². The van der Waals surface area contributed by atoms with Crippen LogP contribution in [0, 0.1) is 17.1 Å². The van der Waals surface area contributed by atoms with E-state index in [1.165, 1.54) is 12.1 Å². The van der Waals surface area contributed by atoms with Crippen molar-refractivity contribution in [2.24, 2.45) is 0 Å². The zero-order chi connectivity index (χ0) is 14.7. The molecule has 1 fully saturated rings. The summed E-state index contributed by atoms with van der Waals surface area (Å²) in [6, 6.07) is 6.10. The van der Waals surface area contributed by atoms with E-state index in [-0.39, 0.29) is 17.0 Å². The van der Waals surface area contributed by atoms with Crippen molar-refractivity contribution in [3.05, 3.63) is 34.6 Å². The molecule has 20 heavy (non-hydrogen) atoms. The molecule has 0 aliphatic carbocycles. The molecule has 0 saturated carbocycles. The number of rotatable bonds is 2. The summed E-state index contributed by atoms with van der Waals surface area (Å²) >= 11 is 5.60. The average molecular weight is 296 g/mol. The topological polar surface area (TPSA) is 47.3 Å². The maximum absolute atomic E-state index is 13.4. The number of piperazine rings is 1. The molecule has 0 spiro atoms. The van der Waals surface area contributed by atoms with Crippen LogP contribution in [0.1, 0.15) is 17.3 Å². The first-order valence-corrected chi connectivity index (χ1v) is 6.78. The van der Waals surface area contributed by atoms with Gasteiger partial charge in [0.15, 0.2) is 0 Å². The van der Waals surface area contributed by atoms with Crippen molar-refractivity contribution in [3.8, 4) is 6.07 Å². The minimum atomic E-state index is -0.589. The fourth-order valence-electron chi connectivity index (χ4n) is 2.21. The number of hydrogen-bond donors (Lipinski definition) is 0. The zero-order valence-corrected chi connectivity index (χ0v) is 11.9. The molecule has 6 heteroatoms. The van der Waals surface area contributed by atoms with Gasteiger partial charge in [0.1, 0.15) is 5.82 Å². The lowest BCUT2D eigenvalue weighted by Gasteiger charge is -2.35. The fraction of sp³-hybridized carbons (Fsp3) is 0.429. The summed E-state index contributed by atoms with van der Waals surface area (Å²) in [6.45, 7) is 4.21. The van der Waals surface area contributed by atoms with Crippen LogP contribution in [0.2, 0.25) is 5.02 Å². The molecule has 1 saturated heterocycles. The van der Waals surface area contributed by atoms with Gasteiger partial charge in [-0.2, -0.15) is 5.26 Å². The van der Waals surface area contributed by atoms with Gasteiger partial charge in [0, 0.05) is 31.7 Å². The Morgan fingerprint density at radius 2 is 2.05 bits per heavy atom. The molecular formula is C14H15ClFN3O. The van der Waals surface area contributed by atoms with Crippen LogP contribution in [0.25, 0.3) is 0 Å². The first-order valence-electron chi connectivity index (χ1n) is 6.41. The Kier molecular flexibility index (Phi) is 4.58. The Balaban J connectivity index is 2.01. The van der Waals surface area contributed by atoms with Crippen LogP contribution in [-0.4, -0.2) is 47.9 Å². The molecule has 0 aromatic heterocycles. The fourth-order valence-corrected chi connectivity index (χ4v) is 2.32. The quantitative estimate of drug-likeness (QED) is 0.840. The minimum absolute atomic E-state index is 0.00853. The molecule has 4 nitrogen and oxygen atoms in total. The highest BCUT2D eigenvalue weighted by Gasteiger charge is 2.24. The Morgan fingerprint density at radius 3 is 2.60 bits per heavy atom. The van der Waals surface area contributed by atoms with Crippen molar-refractivity contribution in [1.29, 1.82) is 5.26 Å². The van der Waals surface area contributed by atoms with E-state index in [2.05, 4.69) is 6.07 Å². The van der Waals surface area contributed by atoms with Crippen LogP contribution >= 0.6 is 11.6 Å². The molecule has 1 aromatic rings. The summed E-state index contributed by atoms with van der Waals surface area (Å²) in [7, 11) is 0. The largest absolute Gasteiger partial charge is 0.336 e. The smallest absolute Gasteiger partial charge is 0.254 e. The molecular weight excluding hydrogens is 281 g/mol. The zero-order valence-electron chi connectivity index (χ0n) is 11.1. The van der Waals surface area contributed by atoms with Gasteiger partial charge in [-0.05, 0) is 25.1 Å². The molecule has 1 atom stereocenters. The monoisotopic (exact) mass is 295 g/mol. The number of amides is 1. The van der Waals surface area contributed by atoms with Gasteiger partial charge in [-0.1, -0.05) is 11.6 Å². The van der Waals surface area contributed by atoms with Gasteiger partial charge in [-0.3, -0.25) is 9.69 Å². The van der Waals surface area contributed by atoms with Crippen molar-refractivity contribution in [2.75, 3.05) is 26.2 Å². The molecule has 1 unspecified atom stereocenters. The van der Waals surface area contributed by atoms with Gasteiger partial charge in [0.2, 0.25) is 0 Å². The average Bonchev–Trinajstić information content (AvgIpc) is 2.48. The van der Waals surface area contributed by atoms with E-state index in [4.69, 9.17) is 16.9 Å². The predicted octanol–water partition coefficient (Wildman–Crippen LogP) is 2.15. The van der Waals surface area contributed by atoms with Crippen molar-refractivity contribution in [2.45, 2.75) is 13.0 Å². The molecule has 1 aliphatic rings. The summed E-state index contributed by atoms with van der Waals surface area (Å²) in [5.41, 5.74) is 0.300. The third kappa shape index (κ3) is 3.09. The van der Waals surface area contributed by atoms with E-state index < -0.39 is 5.82 Å². The number of nitrogens with zero attached hydrogens (tertiary/aromatic N) is 3. The van der Waals surface area contributed by atoms with Gasteiger partial charge >= 0.3 is 0 Å². The second kappa shape index (κ2) is 6.21.